The summed E-state index contributed by atoms with van der Waals surface area (Å²) in [5.41, 5.74) is -0.0176. The van der Waals surface area contributed by atoms with Gasteiger partial charge in [-0.2, -0.15) is 0 Å². The van der Waals surface area contributed by atoms with Gasteiger partial charge < -0.3 is 5.32 Å². The molecule has 0 bridgehead atoms. The van der Waals surface area contributed by atoms with E-state index < -0.39 is 21.6 Å². The Labute approximate surface area is 137 Å². The standard InChI is InChI=1S/C15H23ClN2O3S/c1-6-13(14(19)17-15(2,3)4)18(22(5,20)21)12-9-7-11(16)8-10-12/h7-10,13H,6H2,1-5H3,(H,17,19)/t13-/m1/s1. The molecule has 0 aliphatic carbocycles. The lowest BCUT2D eigenvalue weighted by Crippen LogP contribution is -2.53. The molecule has 0 saturated carbocycles. The Morgan fingerprint density at radius 1 is 1.27 bits per heavy atom. The molecule has 22 heavy (non-hydrogen) atoms. The minimum absolute atomic E-state index is 0.324. The monoisotopic (exact) mass is 346 g/mol. The van der Waals surface area contributed by atoms with Crippen LogP contribution in [0.25, 0.3) is 0 Å². The number of hydrogen-bond donors (Lipinski definition) is 1. The van der Waals surface area contributed by atoms with Crippen molar-refractivity contribution in [2.24, 2.45) is 0 Å². The number of amides is 1. The summed E-state index contributed by atoms with van der Waals surface area (Å²) in [4.78, 5) is 12.5. The van der Waals surface area contributed by atoms with Crippen LogP contribution in [0, 0.1) is 0 Å². The van der Waals surface area contributed by atoms with Gasteiger partial charge in [0.15, 0.2) is 0 Å². The molecule has 1 amide bonds. The molecule has 1 aromatic carbocycles. The molecule has 0 heterocycles. The number of benzene rings is 1. The number of nitrogens with one attached hydrogen (secondary N) is 1. The SMILES string of the molecule is CC[C@H](C(=O)NC(C)(C)C)N(c1ccc(Cl)cc1)S(C)(=O)=O. The molecule has 0 spiro atoms. The van der Waals surface area contributed by atoms with Crippen LogP contribution in [0.2, 0.25) is 5.02 Å². The fourth-order valence-electron chi connectivity index (χ4n) is 2.10. The lowest BCUT2D eigenvalue weighted by Gasteiger charge is -2.32. The maximum Gasteiger partial charge on any atom is 0.244 e. The zero-order valence-corrected chi connectivity index (χ0v) is 15.1. The van der Waals surface area contributed by atoms with Crippen molar-refractivity contribution < 1.29 is 13.2 Å². The molecule has 0 aliphatic rings. The second-order valence-corrected chi connectivity index (χ2v) is 8.49. The quantitative estimate of drug-likeness (QED) is 0.891. The summed E-state index contributed by atoms with van der Waals surface area (Å²) < 4.78 is 25.5. The van der Waals surface area contributed by atoms with E-state index in [0.717, 1.165) is 10.6 Å². The van der Waals surface area contributed by atoms with Crippen molar-refractivity contribution >= 4 is 33.2 Å². The number of carbonyl (C=O) groups is 1. The van der Waals surface area contributed by atoms with Crippen LogP contribution < -0.4 is 9.62 Å². The molecule has 1 atom stereocenters. The maximum atomic E-state index is 12.5. The highest BCUT2D eigenvalue weighted by atomic mass is 35.5. The minimum atomic E-state index is -3.61. The van der Waals surface area contributed by atoms with Crippen molar-refractivity contribution in [1.29, 1.82) is 0 Å². The van der Waals surface area contributed by atoms with Crippen LogP contribution in [0.5, 0.6) is 0 Å². The van der Waals surface area contributed by atoms with Crippen molar-refractivity contribution in [3.8, 4) is 0 Å². The predicted octanol–water partition coefficient (Wildman–Crippen LogP) is 2.80. The number of halogens is 1. The highest BCUT2D eigenvalue weighted by Gasteiger charge is 2.32. The zero-order valence-electron chi connectivity index (χ0n) is 13.6. The van der Waals surface area contributed by atoms with Crippen LogP contribution in [0.15, 0.2) is 24.3 Å². The van der Waals surface area contributed by atoms with Crippen molar-refractivity contribution in [2.45, 2.75) is 45.7 Å². The van der Waals surface area contributed by atoms with E-state index in [4.69, 9.17) is 11.6 Å². The number of nitrogens with zero attached hydrogens (tertiary/aromatic N) is 1. The third kappa shape index (κ3) is 5.18. The fraction of sp³-hybridized carbons (Fsp3) is 0.533. The Morgan fingerprint density at radius 3 is 2.14 bits per heavy atom. The van der Waals surface area contributed by atoms with Gasteiger partial charge in [0.2, 0.25) is 15.9 Å². The second-order valence-electron chi connectivity index (χ2n) is 6.20. The molecule has 5 nitrogen and oxygen atoms in total. The molecule has 0 aromatic heterocycles. The lowest BCUT2D eigenvalue weighted by atomic mass is 10.1. The van der Waals surface area contributed by atoms with Gasteiger partial charge in [0.05, 0.1) is 11.9 Å². The van der Waals surface area contributed by atoms with E-state index >= 15 is 0 Å². The van der Waals surface area contributed by atoms with Gasteiger partial charge >= 0.3 is 0 Å². The number of carbonyl (C=O) groups excluding carboxylic acids is 1. The van der Waals surface area contributed by atoms with E-state index in [9.17, 15) is 13.2 Å². The largest absolute Gasteiger partial charge is 0.350 e. The summed E-state index contributed by atoms with van der Waals surface area (Å²) in [5, 5.41) is 3.34. The smallest absolute Gasteiger partial charge is 0.244 e. The van der Waals surface area contributed by atoms with Gasteiger partial charge in [-0.1, -0.05) is 18.5 Å². The van der Waals surface area contributed by atoms with Crippen molar-refractivity contribution in [3.05, 3.63) is 29.3 Å². The topological polar surface area (TPSA) is 66.5 Å². The van der Waals surface area contributed by atoms with E-state index in [1.807, 2.05) is 20.8 Å². The van der Waals surface area contributed by atoms with E-state index in [-0.39, 0.29) is 5.91 Å². The highest BCUT2D eigenvalue weighted by Crippen LogP contribution is 2.24. The number of sulfonamides is 1. The summed E-state index contributed by atoms with van der Waals surface area (Å²) in [6.45, 7) is 7.33. The molecule has 124 valence electrons. The molecule has 0 fully saturated rings. The molecule has 1 N–H and O–H groups in total. The molecule has 0 radical (unpaired) electrons. The number of rotatable bonds is 5. The molecule has 0 unspecified atom stereocenters. The van der Waals surface area contributed by atoms with Crippen LogP contribution in [-0.4, -0.2) is 32.2 Å². The molecule has 0 aliphatic heterocycles. The Bertz CT molecular complexity index is 621. The average molecular weight is 347 g/mol. The lowest BCUT2D eigenvalue weighted by molar-refractivity contribution is -0.123. The third-order valence-electron chi connectivity index (χ3n) is 2.91. The molecule has 7 heteroatoms. The van der Waals surface area contributed by atoms with Gasteiger partial charge in [-0.05, 0) is 51.5 Å². The predicted molar refractivity (Wildman–Crippen MR) is 90.7 cm³/mol. The summed E-state index contributed by atoms with van der Waals surface area (Å²) in [6, 6.07) is 5.58. The Balaban J connectivity index is 3.25. The molecule has 0 saturated heterocycles. The Kier molecular flexibility index (Phi) is 5.87. The minimum Gasteiger partial charge on any atom is -0.350 e. The molecule has 1 aromatic rings. The van der Waals surface area contributed by atoms with Gasteiger partial charge in [-0.3, -0.25) is 9.10 Å². The van der Waals surface area contributed by atoms with Crippen LogP contribution in [0.1, 0.15) is 34.1 Å². The summed E-state index contributed by atoms with van der Waals surface area (Å²) >= 11 is 5.85. The number of anilines is 1. The Hall–Kier alpha value is -1.27. The van der Waals surface area contributed by atoms with Gasteiger partial charge in [0.1, 0.15) is 6.04 Å². The first kappa shape index (κ1) is 18.8. The molecular formula is C15H23ClN2O3S. The zero-order chi connectivity index (χ0) is 17.1. The normalized spacial score (nSPS) is 13.5. The third-order valence-corrected chi connectivity index (χ3v) is 4.34. The van der Waals surface area contributed by atoms with Crippen LogP contribution >= 0.6 is 11.6 Å². The van der Waals surface area contributed by atoms with Crippen LogP contribution in [-0.2, 0) is 14.8 Å². The second kappa shape index (κ2) is 6.87. The fourth-order valence-corrected chi connectivity index (χ4v) is 3.44. The van der Waals surface area contributed by atoms with Gasteiger partial charge in [0.25, 0.3) is 0 Å². The van der Waals surface area contributed by atoms with Crippen LogP contribution in [0.3, 0.4) is 0 Å². The molecular weight excluding hydrogens is 324 g/mol. The molecule has 1 rings (SSSR count). The van der Waals surface area contributed by atoms with Crippen LogP contribution in [0.4, 0.5) is 5.69 Å². The van der Waals surface area contributed by atoms with E-state index in [0.29, 0.717) is 17.1 Å². The van der Waals surface area contributed by atoms with Crippen molar-refractivity contribution in [3.63, 3.8) is 0 Å². The summed E-state index contributed by atoms with van der Waals surface area (Å²) in [5.74, 6) is -0.324. The maximum absolute atomic E-state index is 12.5. The summed E-state index contributed by atoms with van der Waals surface area (Å²) in [7, 11) is -3.61. The first-order valence-electron chi connectivity index (χ1n) is 7.02. The van der Waals surface area contributed by atoms with E-state index in [1.54, 1.807) is 31.2 Å². The highest BCUT2D eigenvalue weighted by molar-refractivity contribution is 7.92. The average Bonchev–Trinajstić information content (AvgIpc) is 2.33. The van der Waals surface area contributed by atoms with Crippen molar-refractivity contribution in [1.82, 2.24) is 5.32 Å². The first-order valence-corrected chi connectivity index (χ1v) is 9.25. The first-order chi connectivity index (χ1) is 9.95. The van der Waals surface area contributed by atoms with E-state index in [2.05, 4.69) is 5.32 Å². The summed E-state index contributed by atoms with van der Waals surface area (Å²) in [6.07, 6.45) is 1.45. The Morgan fingerprint density at radius 2 is 1.77 bits per heavy atom. The number of hydrogen-bond acceptors (Lipinski definition) is 3. The van der Waals surface area contributed by atoms with Gasteiger partial charge in [-0.25, -0.2) is 8.42 Å². The van der Waals surface area contributed by atoms with Crippen molar-refractivity contribution in [2.75, 3.05) is 10.6 Å². The van der Waals surface area contributed by atoms with Gasteiger partial charge in [-0.15, -0.1) is 0 Å². The van der Waals surface area contributed by atoms with Gasteiger partial charge in [0, 0.05) is 10.6 Å². The van der Waals surface area contributed by atoms with E-state index in [1.165, 1.54) is 0 Å².